The standard InChI is InChI=1S/C47H53N11O10S3/c1-29-4-14-36-42(70(64,65)57(3)23-22-56(2)43(61)19-17-41-45-37(28-69-41)52-47(63)53-45)18-16-40(44(36)50-29)68-71(66,67)35-12-8-32(9-13-35)51-46(62)49-26-33-27-58(55-54-33)34-10-5-31(6-11-34)25-48-21-20-30-7-15-38(59)39(60)24-30/h4-16,18,24,27,37,41,45,48,59-60H,17,19-23,25-26,28H2,1-3H3,(H2,49,51,62)(H2,52,53,63)/t37-,41?,45-/m1/s1. The number of carbonyl (C=O) groups excluding carboxylic acids is 3. The minimum absolute atomic E-state index is 0.0100. The summed E-state index contributed by atoms with van der Waals surface area (Å²) in [6.45, 7) is 3.11. The third-order valence-corrected chi connectivity index (χ3v) is 16.8. The zero-order valence-electron chi connectivity index (χ0n) is 38.9. The van der Waals surface area contributed by atoms with Gasteiger partial charge in [-0.1, -0.05) is 23.4 Å². The molecule has 2 aliphatic rings. The molecule has 0 saturated carbocycles. The first-order chi connectivity index (χ1) is 33.9. The number of thioether (sulfide) groups is 1. The largest absolute Gasteiger partial charge is 0.504 e. The molecular formula is C47H53N11O10S3. The van der Waals surface area contributed by atoms with Crippen LogP contribution in [-0.4, -0.2) is 131 Å². The second kappa shape index (κ2) is 21.6. The summed E-state index contributed by atoms with van der Waals surface area (Å²) < 4.78 is 63.4. The van der Waals surface area contributed by atoms with E-state index in [0.29, 0.717) is 37.3 Å². The van der Waals surface area contributed by atoms with Crippen molar-refractivity contribution in [2.24, 2.45) is 0 Å². The second-order valence-corrected chi connectivity index (χ2v) is 22.0. The average molecular weight is 1030 g/mol. The van der Waals surface area contributed by atoms with Crippen molar-refractivity contribution < 1.29 is 45.6 Å². The zero-order chi connectivity index (χ0) is 50.5. The summed E-state index contributed by atoms with van der Waals surface area (Å²) >= 11 is 1.71. The van der Waals surface area contributed by atoms with Gasteiger partial charge < -0.3 is 45.9 Å². The first-order valence-corrected chi connectivity index (χ1v) is 26.4. The molecule has 0 bridgehead atoms. The first-order valence-electron chi connectivity index (χ1n) is 22.5. The Morgan fingerprint density at radius 1 is 0.901 bits per heavy atom. The lowest BCUT2D eigenvalue weighted by Gasteiger charge is -2.24. The fourth-order valence-electron chi connectivity index (χ4n) is 8.04. The number of hydrogen-bond acceptors (Lipinski definition) is 15. The maximum atomic E-state index is 14.0. The van der Waals surface area contributed by atoms with Gasteiger partial charge in [0.15, 0.2) is 17.2 Å². The molecule has 2 aliphatic heterocycles. The van der Waals surface area contributed by atoms with Gasteiger partial charge in [0.1, 0.15) is 16.1 Å². The molecule has 24 heteroatoms. The molecule has 0 radical (unpaired) electrons. The van der Waals surface area contributed by atoms with Crippen molar-refractivity contribution in [3.8, 4) is 22.9 Å². The van der Waals surface area contributed by atoms with Crippen LogP contribution in [-0.2, 0) is 44.4 Å². The normalized spacial score (nSPS) is 16.6. The van der Waals surface area contributed by atoms with Crippen LogP contribution in [0.25, 0.3) is 16.6 Å². The van der Waals surface area contributed by atoms with Gasteiger partial charge in [0.25, 0.3) is 0 Å². The van der Waals surface area contributed by atoms with Crippen LogP contribution in [0.2, 0.25) is 0 Å². The smallest absolute Gasteiger partial charge is 0.339 e. The summed E-state index contributed by atoms with van der Waals surface area (Å²) in [4.78, 5) is 43.1. The highest BCUT2D eigenvalue weighted by molar-refractivity contribution is 8.00. The summed E-state index contributed by atoms with van der Waals surface area (Å²) in [5.41, 5.74) is 3.98. The van der Waals surface area contributed by atoms with Crippen LogP contribution >= 0.6 is 11.8 Å². The van der Waals surface area contributed by atoms with E-state index in [0.717, 1.165) is 26.9 Å². The number of aromatic hydroxyl groups is 2. The molecular weight excluding hydrogens is 975 g/mol. The quantitative estimate of drug-likeness (QED) is 0.0247. The maximum Gasteiger partial charge on any atom is 0.339 e. The number of aromatic nitrogens is 4. The third kappa shape index (κ3) is 12.1. The summed E-state index contributed by atoms with van der Waals surface area (Å²) in [7, 11) is -5.64. The topological polar surface area (TPSA) is 279 Å². The molecule has 2 saturated heterocycles. The fraction of sp³-hybridized carbons (Fsp3) is 0.319. The molecule has 2 fully saturated rings. The molecule has 4 aromatic carbocycles. The number of pyridine rings is 1. The van der Waals surface area contributed by atoms with Crippen LogP contribution in [0, 0.1) is 6.92 Å². The van der Waals surface area contributed by atoms with Gasteiger partial charge in [0.2, 0.25) is 15.9 Å². The minimum atomic E-state index is -4.48. The van der Waals surface area contributed by atoms with E-state index in [1.165, 1.54) is 60.5 Å². The van der Waals surface area contributed by atoms with Gasteiger partial charge in [-0.2, -0.15) is 24.5 Å². The molecule has 4 heterocycles. The van der Waals surface area contributed by atoms with Gasteiger partial charge in [-0.15, -0.1) is 5.10 Å². The highest BCUT2D eigenvalue weighted by Gasteiger charge is 2.43. The highest BCUT2D eigenvalue weighted by atomic mass is 32.2. The van der Waals surface area contributed by atoms with E-state index in [-0.39, 0.29) is 99.0 Å². The van der Waals surface area contributed by atoms with E-state index in [4.69, 9.17) is 4.18 Å². The van der Waals surface area contributed by atoms with Crippen molar-refractivity contribution in [3.05, 3.63) is 120 Å². The lowest BCUT2D eigenvalue weighted by Crippen LogP contribution is -2.39. The number of nitrogens with one attached hydrogen (secondary N) is 5. The van der Waals surface area contributed by atoms with E-state index in [9.17, 15) is 41.4 Å². The van der Waals surface area contributed by atoms with E-state index < -0.39 is 26.2 Å². The molecule has 6 aromatic rings. The minimum Gasteiger partial charge on any atom is -0.504 e. The van der Waals surface area contributed by atoms with Crippen molar-refractivity contribution in [2.75, 3.05) is 44.8 Å². The van der Waals surface area contributed by atoms with E-state index in [1.807, 2.05) is 24.3 Å². The number of likely N-dealkylation sites (N-methyl/N-ethyl adjacent to an activating group) is 2. The molecule has 0 spiro atoms. The number of benzene rings is 4. The fourth-order valence-corrected chi connectivity index (χ4v) is 11.8. The number of nitrogens with zero attached hydrogens (tertiary/aromatic N) is 6. The number of aryl methyl sites for hydroxylation is 1. The SMILES string of the molecule is Cc1ccc2c(S(=O)(=O)N(C)CCN(C)C(=O)CCC3SC[C@H]4NC(=O)N[C@@H]34)ccc(OS(=O)(=O)c3ccc(NC(=O)NCc4cn(-c5ccc(CNCCc6ccc(O)c(O)c6)cc5)nn4)cc3)c2n1. The molecule has 71 heavy (non-hydrogen) atoms. The molecule has 21 nitrogen and oxygen atoms in total. The number of amides is 5. The van der Waals surface area contributed by atoms with Crippen LogP contribution in [0.15, 0.2) is 107 Å². The van der Waals surface area contributed by atoms with Crippen LogP contribution in [0.1, 0.15) is 35.4 Å². The predicted molar refractivity (Wildman–Crippen MR) is 265 cm³/mol. The van der Waals surface area contributed by atoms with Gasteiger partial charge in [-0.05, 0) is 110 Å². The Bertz CT molecular complexity index is 3160. The summed E-state index contributed by atoms with van der Waals surface area (Å²) in [5, 5.41) is 42.2. The highest BCUT2D eigenvalue weighted by Crippen LogP contribution is 2.35. The summed E-state index contributed by atoms with van der Waals surface area (Å²) in [5.74, 6) is 0.141. The van der Waals surface area contributed by atoms with E-state index >= 15 is 0 Å². The molecule has 2 aromatic heterocycles. The number of phenols is 2. The Hall–Kier alpha value is -6.99. The molecule has 1 unspecified atom stereocenters. The number of sulfonamides is 1. The maximum absolute atomic E-state index is 14.0. The number of fused-ring (bicyclic) bond motifs is 2. The second-order valence-electron chi connectivity index (χ2n) is 17.2. The van der Waals surface area contributed by atoms with Gasteiger partial charge in [-0.25, -0.2) is 27.7 Å². The average Bonchev–Trinajstić information content (AvgIpc) is 4.08. The van der Waals surface area contributed by atoms with Gasteiger partial charge in [0, 0.05) is 67.9 Å². The number of anilines is 1. The van der Waals surface area contributed by atoms with Gasteiger partial charge in [-0.3, -0.25) is 4.79 Å². The Morgan fingerprint density at radius 2 is 1.66 bits per heavy atom. The Morgan fingerprint density at radius 3 is 2.42 bits per heavy atom. The Kier molecular flexibility index (Phi) is 15.3. The number of hydrogen-bond donors (Lipinski definition) is 7. The molecule has 7 N–H and O–H groups in total. The predicted octanol–water partition coefficient (Wildman–Crippen LogP) is 3.98. The Labute approximate surface area is 414 Å². The van der Waals surface area contributed by atoms with Gasteiger partial charge >= 0.3 is 22.2 Å². The zero-order valence-corrected chi connectivity index (χ0v) is 41.4. The van der Waals surface area contributed by atoms with Crippen molar-refractivity contribution in [1.29, 1.82) is 0 Å². The monoisotopic (exact) mass is 1030 g/mol. The molecule has 8 rings (SSSR count). The molecule has 3 atom stereocenters. The number of carbonyl (C=O) groups is 3. The lowest BCUT2D eigenvalue weighted by molar-refractivity contribution is -0.130. The lowest BCUT2D eigenvalue weighted by atomic mass is 10.0. The van der Waals surface area contributed by atoms with Crippen molar-refractivity contribution in [3.63, 3.8) is 0 Å². The molecule has 374 valence electrons. The van der Waals surface area contributed by atoms with Crippen molar-refractivity contribution >= 4 is 66.5 Å². The summed E-state index contributed by atoms with van der Waals surface area (Å²) in [6, 6.07) is 22.7. The van der Waals surface area contributed by atoms with E-state index in [1.54, 1.807) is 54.8 Å². The van der Waals surface area contributed by atoms with Crippen LogP contribution < -0.4 is 30.8 Å². The van der Waals surface area contributed by atoms with Crippen LogP contribution in [0.5, 0.6) is 17.2 Å². The summed E-state index contributed by atoms with van der Waals surface area (Å²) in [6.07, 6.45) is 3.18. The third-order valence-electron chi connectivity index (χ3n) is 12.1. The first kappa shape index (κ1) is 50.4. The van der Waals surface area contributed by atoms with Gasteiger partial charge in [0.05, 0.1) is 35.4 Å². The van der Waals surface area contributed by atoms with Crippen molar-refractivity contribution in [2.45, 2.75) is 66.4 Å². The van der Waals surface area contributed by atoms with Crippen molar-refractivity contribution in [1.82, 2.24) is 50.5 Å². The number of urea groups is 2. The number of rotatable bonds is 20. The number of phenolic OH excluding ortho intramolecular Hbond substituents is 2. The molecule has 0 aliphatic carbocycles. The van der Waals surface area contributed by atoms with Crippen LogP contribution in [0.3, 0.4) is 0 Å². The van der Waals surface area contributed by atoms with E-state index in [2.05, 4.69) is 41.9 Å². The molecule has 5 amide bonds. The Balaban J connectivity index is 0.812. The van der Waals surface area contributed by atoms with Crippen LogP contribution in [0.4, 0.5) is 15.3 Å².